The summed E-state index contributed by atoms with van der Waals surface area (Å²) in [7, 11) is 0. The molecule has 17 heavy (non-hydrogen) atoms. The average molecular weight is 232 g/mol. The van der Waals surface area contributed by atoms with E-state index in [0.717, 1.165) is 32.4 Å². The number of aryl methyl sites for hydroxylation is 1. The zero-order chi connectivity index (χ0) is 12.5. The minimum absolute atomic E-state index is 0.953. The highest BCUT2D eigenvalue weighted by molar-refractivity contribution is 5.72. The van der Waals surface area contributed by atoms with Crippen LogP contribution in [0.5, 0.6) is 0 Å². The molecule has 2 heteroatoms. The first-order chi connectivity index (χ1) is 8.33. The Hall–Kier alpha value is -1.44. The largest absolute Gasteiger partial charge is 0.384 e. The van der Waals surface area contributed by atoms with Gasteiger partial charge >= 0.3 is 0 Å². The number of unbranched alkanes of at least 4 members (excludes halogenated alkanes) is 1. The van der Waals surface area contributed by atoms with Gasteiger partial charge in [-0.3, -0.25) is 0 Å². The standard InChI is InChI=1S/C15H24N2/c1-4-7-8-10-13-11-9-12-14(16-5-2)15(13)17-6-3/h4,9,11-12,16-17H,1,5-8,10H2,2-3H3. The average Bonchev–Trinajstić information content (AvgIpc) is 2.33. The topological polar surface area (TPSA) is 24.1 Å². The molecule has 0 aliphatic heterocycles. The summed E-state index contributed by atoms with van der Waals surface area (Å²) in [5, 5.41) is 6.88. The lowest BCUT2D eigenvalue weighted by molar-refractivity contribution is 0.844. The smallest absolute Gasteiger partial charge is 0.0608 e. The van der Waals surface area contributed by atoms with Gasteiger partial charge in [0.05, 0.1) is 11.4 Å². The third-order valence-electron chi connectivity index (χ3n) is 2.73. The van der Waals surface area contributed by atoms with Crippen molar-refractivity contribution in [3.8, 4) is 0 Å². The first-order valence-electron chi connectivity index (χ1n) is 6.54. The van der Waals surface area contributed by atoms with E-state index in [4.69, 9.17) is 0 Å². The lowest BCUT2D eigenvalue weighted by atomic mass is 10.0. The fourth-order valence-electron chi connectivity index (χ4n) is 1.97. The van der Waals surface area contributed by atoms with E-state index < -0.39 is 0 Å². The number of benzene rings is 1. The van der Waals surface area contributed by atoms with E-state index in [1.165, 1.54) is 16.9 Å². The summed E-state index contributed by atoms with van der Waals surface area (Å²) in [4.78, 5) is 0. The molecule has 1 aromatic rings. The van der Waals surface area contributed by atoms with Gasteiger partial charge in [-0.15, -0.1) is 6.58 Å². The van der Waals surface area contributed by atoms with Crippen LogP contribution in [0.1, 0.15) is 32.3 Å². The highest BCUT2D eigenvalue weighted by Crippen LogP contribution is 2.27. The summed E-state index contributed by atoms with van der Waals surface area (Å²) < 4.78 is 0. The molecule has 0 saturated carbocycles. The molecule has 0 aliphatic rings. The van der Waals surface area contributed by atoms with Gasteiger partial charge in [0.1, 0.15) is 0 Å². The Kier molecular flexibility index (Phi) is 6.23. The molecule has 0 amide bonds. The second-order valence-corrected chi connectivity index (χ2v) is 4.08. The Labute approximate surface area is 105 Å². The van der Waals surface area contributed by atoms with Crippen molar-refractivity contribution in [1.29, 1.82) is 0 Å². The third kappa shape index (κ3) is 4.14. The molecule has 0 spiro atoms. The Morgan fingerprint density at radius 3 is 2.59 bits per heavy atom. The molecule has 0 radical (unpaired) electrons. The summed E-state index contributed by atoms with van der Waals surface area (Å²) in [6.45, 7) is 9.94. The van der Waals surface area contributed by atoms with E-state index in [1.807, 2.05) is 6.08 Å². The van der Waals surface area contributed by atoms with Gasteiger partial charge in [-0.05, 0) is 44.7 Å². The molecule has 0 fully saturated rings. The molecule has 2 nitrogen and oxygen atoms in total. The van der Waals surface area contributed by atoms with E-state index in [0.29, 0.717) is 0 Å². The Balaban J connectivity index is 2.84. The molecule has 0 bridgehead atoms. The predicted molar refractivity (Wildman–Crippen MR) is 77.9 cm³/mol. The van der Waals surface area contributed by atoms with Crippen LogP contribution in [0.15, 0.2) is 30.9 Å². The van der Waals surface area contributed by atoms with Crippen LogP contribution in [0.2, 0.25) is 0 Å². The van der Waals surface area contributed by atoms with Crippen molar-refractivity contribution >= 4 is 11.4 Å². The highest BCUT2D eigenvalue weighted by Gasteiger charge is 2.06. The molecule has 0 unspecified atom stereocenters. The molecule has 0 aromatic heterocycles. The maximum atomic E-state index is 3.77. The Morgan fingerprint density at radius 1 is 1.18 bits per heavy atom. The molecule has 0 atom stereocenters. The quantitative estimate of drug-likeness (QED) is 0.522. The molecule has 0 saturated heterocycles. The second-order valence-electron chi connectivity index (χ2n) is 4.08. The molecule has 0 heterocycles. The van der Waals surface area contributed by atoms with Gasteiger partial charge in [-0.25, -0.2) is 0 Å². The maximum Gasteiger partial charge on any atom is 0.0608 e. The van der Waals surface area contributed by atoms with Gasteiger partial charge in [-0.1, -0.05) is 18.2 Å². The summed E-state index contributed by atoms with van der Waals surface area (Å²) in [5.74, 6) is 0. The van der Waals surface area contributed by atoms with E-state index in [1.54, 1.807) is 0 Å². The number of hydrogen-bond donors (Lipinski definition) is 2. The summed E-state index contributed by atoms with van der Waals surface area (Å²) in [6.07, 6.45) is 5.34. The van der Waals surface area contributed by atoms with E-state index >= 15 is 0 Å². The van der Waals surface area contributed by atoms with Gasteiger partial charge in [0.25, 0.3) is 0 Å². The van der Waals surface area contributed by atoms with Crippen molar-refractivity contribution in [3.05, 3.63) is 36.4 Å². The van der Waals surface area contributed by atoms with Crippen LogP contribution in [-0.2, 0) is 6.42 Å². The summed E-state index contributed by atoms with van der Waals surface area (Å²) in [5.41, 5.74) is 3.87. The predicted octanol–water partition coefficient (Wildman–Crippen LogP) is 4.06. The van der Waals surface area contributed by atoms with Gasteiger partial charge in [-0.2, -0.15) is 0 Å². The van der Waals surface area contributed by atoms with Gasteiger partial charge in [0.2, 0.25) is 0 Å². The first kappa shape index (κ1) is 13.6. The fraction of sp³-hybridized carbons (Fsp3) is 0.467. The lowest BCUT2D eigenvalue weighted by Gasteiger charge is -2.16. The summed E-state index contributed by atoms with van der Waals surface area (Å²) in [6, 6.07) is 6.47. The van der Waals surface area contributed by atoms with Crippen LogP contribution in [0.3, 0.4) is 0 Å². The molecule has 1 rings (SSSR count). The van der Waals surface area contributed by atoms with E-state index in [2.05, 4.69) is 49.3 Å². The monoisotopic (exact) mass is 232 g/mol. The zero-order valence-electron chi connectivity index (χ0n) is 11.1. The maximum absolute atomic E-state index is 3.77. The van der Waals surface area contributed by atoms with E-state index in [-0.39, 0.29) is 0 Å². The van der Waals surface area contributed by atoms with Crippen molar-refractivity contribution in [2.75, 3.05) is 23.7 Å². The van der Waals surface area contributed by atoms with Crippen LogP contribution in [-0.4, -0.2) is 13.1 Å². The minimum Gasteiger partial charge on any atom is -0.384 e. The fourth-order valence-corrected chi connectivity index (χ4v) is 1.97. The molecule has 1 aromatic carbocycles. The Bertz CT molecular complexity index is 345. The van der Waals surface area contributed by atoms with Crippen molar-refractivity contribution < 1.29 is 0 Å². The van der Waals surface area contributed by atoms with Crippen LogP contribution >= 0.6 is 0 Å². The number of rotatable bonds is 8. The summed E-state index contributed by atoms with van der Waals surface area (Å²) >= 11 is 0. The molecule has 94 valence electrons. The number of hydrogen-bond acceptors (Lipinski definition) is 2. The lowest BCUT2D eigenvalue weighted by Crippen LogP contribution is -2.07. The van der Waals surface area contributed by atoms with Crippen molar-refractivity contribution in [2.24, 2.45) is 0 Å². The molecular weight excluding hydrogens is 208 g/mol. The van der Waals surface area contributed by atoms with Crippen molar-refractivity contribution in [1.82, 2.24) is 0 Å². The van der Waals surface area contributed by atoms with Gasteiger partial charge < -0.3 is 10.6 Å². The molecular formula is C15H24N2. The number of para-hydroxylation sites is 1. The first-order valence-corrected chi connectivity index (χ1v) is 6.54. The third-order valence-corrected chi connectivity index (χ3v) is 2.73. The van der Waals surface area contributed by atoms with Crippen LogP contribution in [0.4, 0.5) is 11.4 Å². The molecule has 0 aliphatic carbocycles. The minimum atomic E-state index is 0.953. The molecule has 2 N–H and O–H groups in total. The number of allylic oxidation sites excluding steroid dienone is 1. The van der Waals surface area contributed by atoms with Gasteiger partial charge in [0.15, 0.2) is 0 Å². The normalized spacial score (nSPS) is 10.0. The van der Waals surface area contributed by atoms with Crippen molar-refractivity contribution in [3.63, 3.8) is 0 Å². The van der Waals surface area contributed by atoms with E-state index in [9.17, 15) is 0 Å². The second kappa shape index (κ2) is 7.77. The Morgan fingerprint density at radius 2 is 1.94 bits per heavy atom. The number of anilines is 2. The number of nitrogens with one attached hydrogen (secondary N) is 2. The zero-order valence-corrected chi connectivity index (χ0v) is 11.1. The van der Waals surface area contributed by atoms with Crippen LogP contribution in [0.25, 0.3) is 0 Å². The highest BCUT2D eigenvalue weighted by atomic mass is 14.9. The van der Waals surface area contributed by atoms with Crippen molar-refractivity contribution in [2.45, 2.75) is 33.1 Å². The van der Waals surface area contributed by atoms with Crippen LogP contribution in [0, 0.1) is 0 Å². The van der Waals surface area contributed by atoms with Crippen LogP contribution < -0.4 is 10.6 Å². The SMILES string of the molecule is C=CCCCc1cccc(NCC)c1NCC. The van der Waals surface area contributed by atoms with Gasteiger partial charge in [0, 0.05) is 13.1 Å².